The Balaban J connectivity index is 1.66. The van der Waals surface area contributed by atoms with Crippen LogP contribution < -0.4 is 15.4 Å². The molecule has 2 aromatic carbocycles. The number of ether oxygens (including phenoxy) is 2. The number of nitrogens with zero attached hydrogens (tertiary/aromatic N) is 4. The quantitative estimate of drug-likeness (QED) is 0.326. The van der Waals surface area contributed by atoms with Gasteiger partial charge in [0.2, 0.25) is 5.16 Å². The summed E-state index contributed by atoms with van der Waals surface area (Å²) in [6, 6.07) is 12.3. The van der Waals surface area contributed by atoms with E-state index in [0.717, 1.165) is 0 Å². The molecule has 4 rings (SSSR count). The molecule has 0 saturated heterocycles. The Hall–Kier alpha value is -4.06. The molecule has 1 aliphatic heterocycles. The Morgan fingerprint density at radius 1 is 1.18 bits per heavy atom. The molecule has 11 nitrogen and oxygen atoms in total. The molecule has 2 heterocycles. The maximum absolute atomic E-state index is 12.9. The summed E-state index contributed by atoms with van der Waals surface area (Å²) in [6.45, 7) is 1.90. The summed E-state index contributed by atoms with van der Waals surface area (Å²) >= 11 is 1.24. The highest BCUT2D eigenvalue weighted by Crippen LogP contribution is 2.31. The molecule has 1 aromatic heterocycles. The van der Waals surface area contributed by atoms with E-state index in [1.807, 2.05) is 0 Å². The first-order chi connectivity index (χ1) is 16.5. The van der Waals surface area contributed by atoms with E-state index in [1.165, 1.54) is 28.6 Å². The number of hydrogen-bond acceptors (Lipinski definition) is 9. The zero-order chi connectivity index (χ0) is 24.1. The lowest BCUT2D eigenvalue weighted by atomic mass is 9.95. The summed E-state index contributed by atoms with van der Waals surface area (Å²) in [5.74, 6) is 0.441. The van der Waals surface area contributed by atoms with Gasteiger partial charge in [-0.15, -0.1) is 5.10 Å². The Morgan fingerprint density at radius 3 is 2.59 bits per heavy atom. The average Bonchev–Trinajstić information content (AvgIpc) is 3.31. The van der Waals surface area contributed by atoms with E-state index in [2.05, 4.69) is 26.2 Å². The third-order valence-corrected chi connectivity index (χ3v) is 5.92. The molecule has 176 valence electrons. The van der Waals surface area contributed by atoms with Crippen molar-refractivity contribution >= 4 is 23.8 Å². The van der Waals surface area contributed by atoms with Crippen molar-refractivity contribution in [3.05, 3.63) is 65.4 Å². The predicted molar refractivity (Wildman–Crippen MR) is 123 cm³/mol. The number of rotatable bonds is 8. The summed E-state index contributed by atoms with van der Waals surface area (Å²) in [5, 5.41) is 27.2. The van der Waals surface area contributed by atoms with E-state index in [1.54, 1.807) is 50.4 Å². The van der Waals surface area contributed by atoms with Gasteiger partial charge in [0.05, 0.1) is 31.0 Å². The molecular formula is C22H22N6O5S. The molecule has 3 N–H and O–H groups in total. The molecule has 0 bridgehead atoms. The van der Waals surface area contributed by atoms with Crippen LogP contribution in [0.3, 0.4) is 0 Å². The molecule has 1 aliphatic rings. The van der Waals surface area contributed by atoms with E-state index in [-0.39, 0.29) is 18.1 Å². The van der Waals surface area contributed by atoms with Gasteiger partial charge >= 0.3 is 12.0 Å². The van der Waals surface area contributed by atoms with E-state index in [4.69, 9.17) is 9.47 Å². The number of urea groups is 1. The molecule has 0 radical (unpaired) electrons. The van der Waals surface area contributed by atoms with E-state index in [0.29, 0.717) is 33.4 Å². The molecule has 3 aromatic rings. The van der Waals surface area contributed by atoms with E-state index < -0.39 is 18.0 Å². The van der Waals surface area contributed by atoms with Crippen LogP contribution in [0.5, 0.6) is 11.5 Å². The first kappa shape index (κ1) is 23.1. The van der Waals surface area contributed by atoms with Gasteiger partial charge in [-0.2, -0.15) is 4.68 Å². The summed E-state index contributed by atoms with van der Waals surface area (Å²) in [6.07, 6.45) is 0. The van der Waals surface area contributed by atoms with Crippen LogP contribution in [-0.4, -0.2) is 56.8 Å². The normalized spacial score (nSPS) is 15.5. The Labute approximate surface area is 199 Å². The van der Waals surface area contributed by atoms with Crippen molar-refractivity contribution in [1.29, 1.82) is 0 Å². The first-order valence-electron chi connectivity index (χ1n) is 10.3. The Bertz CT molecular complexity index is 1210. The number of thioether (sulfide) groups is 1. The fourth-order valence-corrected chi connectivity index (χ4v) is 4.25. The fourth-order valence-electron chi connectivity index (χ4n) is 3.39. The summed E-state index contributed by atoms with van der Waals surface area (Å²) < 4.78 is 12.0. The van der Waals surface area contributed by atoms with E-state index in [9.17, 15) is 14.7 Å². The number of aromatic nitrogens is 4. The second kappa shape index (κ2) is 10.3. The van der Waals surface area contributed by atoms with Gasteiger partial charge in [0.1, 0.15) is 11.5 Å². The van der Waals surface area contributed by atoms with Gasteiger partial charge in [-0.1, -0.05) is 23.9 Å². The number of benzene rings is 2. The summed E-state index contributed by atoms with van der Waals surface area (Å²) in [7, 11) is 1.56. The van der Waals surface area contributed by atoms with Crippen molar-refractivity contribution in [2.75, 3.05) is 19.5 Å². The molecule has 0 aliphatic carbocycles. The number of phenols is 1. The van der Waals surface area contributed by atoms with Crippen LogP contribution in [0.25, 0.3) is 5.69 Å². The minimum absolute atomic E-state index is 0.122. The van der Waals surface area contributed by atoms with E-state index >= 15 is 0 Å². The number of carbonyl (C=O) groups excluding carboxylic acids is 2. The SMILES string of the molecule is CCOC(=O)C1=C(CSc2nnnn2-c2ccc(O)cc2)NC(=O)NC1c1ccc(OC)cc1. The van der Waals surface area contributed by atoms with Crippen molar-refractivity contribution in [2.24, 2.45) is 0 Å². The van der Waals surface area contributed by atoms with Crippen LogP contribution in [0.15, 0.2) is 65.0 Å². The summed E-state index contributed by atoms with van der Waals surface area (Å²) in [5.41, 5.74) is 2.04. The smallest absolute Gasteiger partial charge is 0.338 e. The molecule has 0 spiro atoms. The van der Waals surface area contributed by atoms with Gasteiger partial charge < -0.3 is 25.2 Å². The van der Waals surface area contributed by atoms with Crippen molar-refractivity contribution < 1.29 is 24.2 Å². The lowest BCUT2D eigenvalue weighted by molar-refractivity contribution is -0.139. The number of amides is 2. The first-order valence-corrected chi connectivity index (χ1v) is 11.3. The number of methoxy groups -OCH3 is 1. The highest BCUT2D eigenvalue weighted by Gasteiger charge is 2.34. The monoisotopic (exact) mass is 482 g/mol. The number of esters is 1. The van der Waals surface area contributed by atoms with Gasteiger partial charge in [0, 0.05) is 11.4 Å². The van der Waals surface area contributed by atoms with Gasteiger partial charge in [0.25, 0.3) is 0 Å². The van der Waals surface area contributed by atoms with Gasteiger partial charge in [-0.3, -0.25) is 0 Å². The predicted octanol–water partition coefficient (Wildman–Crippen LogP) is 2.34. The number of phenolic OH excluding ortho intramolecular Hbond substituents is 1. The topological polar surface area (TPSA) is 140 Å². The van der Waals surface area contributed by atoms with Crippen molar-refractivity contribution in [3.8, 4) is 17.2 Å². The van der Waals surface area contributed by atoms with Gasteiger partial charge in [-0.05, 0) is 59.3 Å². The minimum atomic E-state index is -0.706. The average molecular weight is 483 g/mol. The Kier molecular flexibility index (Phi) is 6.97. The number of aromatic hydroxyl groups is 1. The second-order valence-corrected chi connectivity index (χ2v) is 8.04. The number of hydrogen-bond donors (Lipinski definition) is 3. The number of nitrogens with one attached hydrogen (secondary N) is 2. The summed E-state index contributed by atoms with van der Waals surface area (Å²) in [4.78, 5) is 25.4. The molecule has 34 heavy (non-hydrogen) atoms. The van der Waals surface area contributed by atoms with Crippen LogP contribution >= 0.6 is 11.8 Å². The van der Waals surface area contributed by atoms with Crippen LogP contribution in [0.2, 0.25) is 0 Å². The Morgan fingerprint density at radius 2 is 1.91 bits per heavy atom. The maximum Gasteiger partial charge on any atom is 0.338 e. The van der Waals surface area contributed by atoms with Gasteiger partial charge in [-0.25, -0.2) is 9.59 Å². The molecule has 1 unspecified atom stereocenters. The third kappa shape index (κ3) is 4.96. The zero-order valence-electron chi connectivity index (χ0n) is 18.4. The fraction of sp³-hybridized carbons (Fsp3) is 0.227. The molecule has 1 atom stereocenters. The molecule has 2 amide bonds. The molecule has 12 heteroatoms. The molecule has 0 saturated carbocycles. The molecule has 0 fully saturated rings. The minimum Gasteiger partial charge on any atom is -0.508 e. The van der Waals surface area contributed by atoms with Crippen molar-refractivity contribution in [2.45, 2.75) is 18.1 Å². The molecular weight excluding hydrogens is 460 g/mol. The zero-order valence-corrected chi connectivity index (χ0v) is 19.2. The largest absolute Gasteiger partial charge is 0.508 e. The number of carbonyl (C=O) groups is 2. The lowest BCUT2D eigenvalue weighted by Crippen LogP contribution is -2.46. The van der Waals surface area contributed by atoms with Crippen LogP contribution in [0.1, 0.15) is 18.5 Å². The lowest BCUT2D eigenvalue weighted by Gasteiger charge is -2.29. The maximum atomic E-state index is 12.9. The van der Waals surface area contributed by atoms with Gasteiger partial charge in [0.15, 0.2) is 0 Å². The second-order valence-electron chi connectivity index (χ2n) is 7.10. The standard InChI is InChI=1S/C22H22N6O5S/c1-3-33-20(30)18-17(23-21(31)24-19(18)13-4-10-16(32-2)11-5-13)12-34-22-25-26-27-28(22)14-6-8-15(29)9-7-14/h4-11,19,29H,3,12H2,1-2H3,(H2,23,24,31). The highest BCUT2D eigenvalue weighted by molar-refractivity contribution is 7.99. The van der Waals surface area contributed by atoms with Crippen molar-refractivity contribution in [1.82, 2.24) is 30.8 Å². The van der Waals surface area contributed by atoms with Crippen LogP contribution in [0, 0.1) is 0 Å². The van der Waals surface area contributed by atoms with Crippen LogP contribution in [0.4, 0.5) is 4.79 Å². The third-order valence-electron chi connectivity index (χ3n) is 4.98. The number of tetrazole rings is 1. The highest BCUT2D eigenvalue weighted by atomic mass is 32.2. The van der Waals surface area contributed by atoms with Crippen molar-refractivity contribution in [3.63, 3.8) is 0 Å². The van der Waals surface area contributed by atoms with Crippen LogP contribution in [-0.2, 0) is 9.53 Å².